The molecule has 4 aliphatic carbocycles. The maximum Gasteiger partial charge on any atom is 0.0577 e. The van der Waals surface area contributed by atoms with Crippen molar-refractivity contribution in [3.63, 3.8) is 0 Å². The van der Waals surface area contributed by atoms with Gasteiger partial charge >= 0.3 is 0 Å². The zero-order chi connectivity index (χ0) is 12.8. The van der Waals surface area contributed by atoms with E-state index >= 15 is 0 Å². The van der Waals surface area contributed by atoms with Gasteiger partial charge in [-0.2, -0.15) is 0 Å². The van der Waals surface area contributed by atoms with Crippen LogP contribution in [0.2, 0.25) is 0 Å². The van der Waals surface area contributed by atoms with Crippen molar-refractivity contribution in [3.8, 4) is 0 Å². The van der Waals surface area contributed by atoms with Gasteiger partial charge in [-0.1, -0.05) is 0 Å². The Kier molecular flexibility index (Phi) is 3.35. The predicted molar refractivity (Wildman–Crippen MR) is 74.7 cm³/mol. The van der Waals surface area contributed by atoms with Gasteiger partial charge in [0.05, 0.1) is 12.2 Å². The molecule has 1 saturated heterocycles. The van der Waals surface area contributed by atoms with Crippen molar-refractivity contribution in [2.75, 3.05) is 6.61 Å². The number of aliphatic hydroxyl groups excluding tert-OH is 1. The molecule has 0 aromatic heterocycles. The largest absolute Gasteiger partial charge is 0.393 e. The third-order valence-corrected chi connectivity index (χ3v) is 6.55. The van der Waals surface area contributed by atoms with Gasteiger partial charge in [0.2, 0.25) is 0 Å². The van der Waals surface area contributed by atoms with Crippen molar-refractivity contribution < 1.29 is 9.84 Å². The Bertz CT molecular complexity index is 293. The van der Waals surface area contributed by atoms with Crippen LogP contribution < -0.4 is 0 Å². The number of aliphatic hydroxyl groups is 1. The fourth-order valence-electron chi connectivity index (χ4n) is 6.02. The summed E-state index contributed by atoms with van der Waals surface area (Å²) in [5.74, 6) is 4.38. The Labute approximate surface area is 116 Å². The van der Waals surface area contributed by atoms with Gasteiger partial charge in [0.25, 0.3) is 0 Å². The van der Waals surface area contributed by atoms with Gasteiger partial charge in [0.1, 0.15) is 0 Å². The Balaban J connectivity index is 1.35. The molecular weight excluding hydrogens is 236 g/mol. The Morgan fingerprint density at radius 3 is 2.26 bits per heavy atom. The molecule has 1 aliphatic heterocycles. The summed E-state index contributed by atoms with van der Waals surface area (Å²) in [7, 11) is 0. The molecule has 2 unspecified atom stereocenters. The highest BCUT2D eigenvalue weighted by atomic mass is 16.5. The highest BCUT2D eigenvalue weighted by molar-refractivity contribution is 5.00. The van der Waals surface area contributed by atoms with E-state index in [-0.39, 0.29) is 6.10 Å². The van der Waals surface area contributed by atoms with Gasteiger partial charge in [-0.25, -0.2) is 0 Å². The third kappa shape index (κ3) is 2.35. The second-order valence-corrected chi connectivity index (χ2v) is 7.79. The van der Waals surface area contributed by atoms with Crippen LogP contribution in [0.25, 0.3) is 0 Å². The summed E-state index contributed by atoms with van der Waals surface area (Å²) in [6.45, 7) is 0.943. The molecule has 5 rings (SSSR count). The quantitative estimate of drug-likeness (QED) is 0.843. The first-order valence-corrected chi connectivity index (χ1v) is 8.59. The molecule has 2 heteroatoms. The summed E-state index contributed by atoms with van der Waals surface area (Å²) in [6.07, 6.45) is 12.1. The molecule has 2 nitrogen and oxygen atoms in total. The van der Waals surface area contributed by atoms with Gasteiger partial charge in [0.15, 0.2) is 0 Å². The molecule has 5 fully saturated rings. The molecule has 0 radical (unpaired) electrons. The van der Waals surface area contributed by atoms with E-state index in [2.05, 4.69) is 0 Å². The van der Waals surface area contributed by atoms with Gasteiger partial charge in [-0.05, 0) is 87.4 Å². The van der Waals surface area contributed by atoms with Crippen LogP contribution in [0.1, 0.15) is 57.8 Å². The number of hydrogen-bond donors (Lipinski definition) is 1. The standard InChI is InChI=1S/C17H28O2/c18-16(4-3-15-2-1-5-19-15)17-13-7-11-6-12(9-13)10-14(17)8-11/h11-18H,1-10H2. The fourth-order valence-corrected chi connectivity index (χ4v) is 6.02. The Morgan fingerprint density at radius 1 is 1.00 bits per heavy atom. The van der Waals surface area contributed by atoms with Crippen LogP contribution in [-0.4, -0.2) is 23.9 Å². The molecule has 0 aromatic rings. The Hall–Kier alpha value is -0.0800. The zero-order valence-corrected chi connectivity index (χ0v) is 12.0. The van der Waals surface area contributed by atoms with Crippen LogP contribution in [0, 0.1) is 29.6 Å². The summed E-state index contributed by atoms with van der Waals surface area (Å²) in [5, 5.41) is 10.7. The van der Waals surface area contributed by atoms with Crippen LogP contribution in [0.3, 0.4) is 0 Å². The lowest BCUT2D eigenvalue weighted by Crippen LogP contribution is -2.49. The van der Waals surface area contributed by atoms with E-state index in [0.717, 1.165) is 43.1 Å². The minimum atomic E-state index is -0.0424. The molecule has 2 atom stereocenters. The van der Waals surface area contributed by atoms with Crippen molar-refractivity contribution >= 4 is 0 Å². The van der Waals surface area contributed by atoms with E-state index in [1.807, 2.05) is 0 Å². The number of ether oxygens (including phenoxy) is 1. The molecular formula is C17H28O2. The van der Waals surface area contributed by atoms with Crippen molar-refractivity contribution in [1.82, 2.24) is 0 Å². The smallest absolute Gasteiger partial charge is 0.0577 e. The van der Waals surface area contributed by atoms with Crippen molar-refractivity contribution in [1.29, 1.82) is 0 Å². The lowest BCUT2D eigenvalue weighted by atomic mass is 9.50. The van der Waals surface area contributed by atoms with Crippen molar-refractivity contribution in [2.24, 2.45) is 29.6 Å². The third-order valence-electron chi connectivity index (χ3n) is 6.55. The molecule has 5 aliphatic rings. The molecule has 19 heavy (non-hydrogen) atoms. The molecule has 4 saturated carbocycles. The first-order chi connectivity index (χ1) is 9.29. The normalized spacial score (nSPS) is 49.7. The monoisotopic (exact) mass is 264 g/mol. The van der Waals surface area contributed by atoms with E-state index in [4.69, 9.17) is 4.74 Å². The second kappa shape index (κ2) is 5.04. The van der Waals surface area contributed by atoms with E-state index in [9.17, 15) is 5.11 Å². The number of hydrogen-bond acceptors (Lipinski definition) is 2. The maximum atomic E-state index is 10.7. The van der Waals surface area contributed by atoms with Crippen molar-refractivity contribution in [3.05, 3.63) is 0 Å². The summed E-state index contributed by atoms with van der Waals surface area (Å²) >= 11 is 0. The minimum Gasteiger partial charge on any atom is -0.393 e. The highest BCUT2D eigenvalue weighted by Gasteiger charge is 2.50. The SMILES string of the molecule is OC(CCC1CCCO1)C1C2CC3CC(C2)CC1C3. The first kappa shape index (κ1) is 12.6. The minimum absolute atomic E-state index is 0.0424. The van der Waals surface area contributed by atoms with Crippen LogP contribution in [-0.2, 0) is 4.74 Å². The van der Waals surface area contributed by atoms with E-state index in [1.54, 1.807) is 0 Å². The summed E-state index contributed by atoms with van der Waals surface area (Å²) in [4.78, 5) is 0. The maximum absolute atomic E-state index is 10.7. The van der Waals surface area contributed by atoms with Crippen LogP contribution in [0.5, 0.6) is 0 Å². The summed E-state index contributed by atoms with van der Waals surface area (Å²) < 4.78 is 5.70. The summed E-state index contributed by atoms with van der Waals surface area (Å²) in [6, 6.07) is 0. The fraction of sp³-hybridized carbons (Fsp3) is 1.00. The second-order valence-electron chi connectivity index (χ2n) is 7.79. The molecule has 0 aromatic carbocycles. The van der Waals surface area contributed by atoms with E-state index in [0.29, 0.717) is 12.0 Å². The molecule has 4 bridgehead atoms. The highest BCUT2D eigenvalue weighted by Crippen LogP contribution is 2.57. The van der Waals surface area contributed by atoms with Crippen LogP contribution >= 0.6 is 0 Å². The van der Waals surface area contributed by atoms with Crippen molar-refractivity contribution in [2.45, 2.75) is 70.0 Å². The van der Waals surface area contributed by atoms with Crippen LogP contribution in [0.4, 0.5) is 0 Å². The lowest BCUT2D eigenvalue weighted by Gasteiger charge is -2.55. The van der Waals surface area contributed by atoms with E-state index < -0.39 is 0 Å². The summed E-state index contributed by atoms with van der Waals surface area (Å²) in [5.41, 5.74) is 0. The average Bonchev–Trinajstić information content (AvgIpc) is 2.88. The van der Waals surface area contributed by atoms with Gasteiger partial charge in [0, 0.05) is 6.61 Å². The number of rotatable bonds is 4. The zero-order valence-electron chi connectivity index (χ0n) is 12.0. The van der Waals surface area contributed by atoms with Gasteiger partial charge in [-0.3, -0.25) is 0 Å². The molecule has 0 spiro atoms. The lowest BCUT2D eigenvalue weighted by molar-refractivity contribution is -0.0935. The molecule has 1 heterocycles. The molecule has 0 amide bonds. The molecule has 1 N–H and O–H groups in total. The van der Waals surface area contributed by atoms with Gasteiger partial charge < -0.3 is 9.84 Å². The predicted octanol–water partition coefficient (Wildman–Crippen LogP) is 3.38. The average molecular weight is 264 g/mol. The van der Waals surface area contributed by atoms with Crippen LogP contribution in [0.15, 0.2) is 0 Å². The Morgan fingerprint density at radius 2 is 1.68 bits per heavy atom. The first-order valence-electron chi connectivity index (χ1n) is 8.59. The molecule has 108 valence electrons. The van der Waals surface area contributed by atoms with Gasteiger partial charge in [-0.15, -0.1) is 0 Å². The van der Waals surface area contributed by atoms with E-state index in [1.165, 1.54) is 44.9 Å². The topological polar surface area (TPSA) is 29.5 Å².